The van der Waals surface area contributed by atoms with Gasteiger partial charge in [-0.3, -0.25) is 0 Å². The van der Waals surface area contributed by atoms with Gasteiger partial charge >= 0.3 is 0 Å². The van der Waals surface area contributed by atoms with Gasteiger partial charge in [-0.15, -0.1) is 24.5 Å². The molecule has 182 valence electrons. The molecule has 1 atom stereocenters. The number of aryl methyl sites for hydroxylation is 1. The second-order valence-corrected chi connectivity index (χ2v) is 15.3. The van der Waals surface area contributed by atoms with Crippen LogP contribution in [0.4, 0.5) is 0 Å². The zero-order chi connectivity index (χ0) is 21.9. The van der Waals surface area contributed by atoms with E-state index in [-0.39, 0.29) is 52.6 Å². The Kier molecular flexibility index (Phi) is 18.6. The lowest BCUT2D eigenvalue weighted by atomic mass is 9.96. The van der Waals surface area contributed by atoms with Crippen molar-refractivity contribution in [3.8, 4) is 0 Å². The van der Waals surface area contributed by atoms with Crippen LogP contribution in [0.1, 0.15) is 58.0 Å². The molecule has 0 bridgehead atoms. The number of hydrogen-bond acceptors (Lipinski definition) is 2. The van der Waals surface area contributed by atoms with Crippen molar-refractivity contribution < 1.29 is 27.2 Å². The summed E-state index contributed by atoms with van der Waals surface area (Å²) in [4.78, 5) is 0. The lowest BCUT2D eigenvalue weighted by Gasteiger charge is -2.36. The van der Waals surface area contributed by atoms with E-state index >= 15 is 0 Å². The number of halogens is 2. The fraction of sp³-hybridized carbons (Fsp3) is 0.680. The summed E-state index contributed by atoms with van der Waals surface area (Å²) < 4.78 is 0. The zero-order valence-electron chi connectivity index (χ0n) is 20.5. The minimum absolute atomic E-state index is 0. The Balaban J connectivity index is 0. The first-order chi connectivity index (χ1) is 13.9. The fourth-order valence-corrected chi connectivity index (χ4v) is 11.4. The summed E-state index contributed by atoms with van der Waals surface area (Å²) in [5.41, 5.74) is 2.57. The maximum absolute atomic E-state index is 10.5. The quantitative estimate of drug-likeness (QED) is 0.355. The number of hydrogen-bond donors (Lipinski definition) is 2. The van der Waals surface area contributed by atoms with Crippen molar-refractivity contribution in [3.05, 3.63) is 46.5 Å². The Morgan fingerprint density at radius 1 is 0.839 bits per heavy atom. The Morgan fingerprint density at radius 3 is 1.84 bits per heavy atom. The SMILES string of the molecule is Br.CCc1cccccp(CC(CO)(CO)C[P+](CC)(CC)CC)c(CC)c1CC.[Br-]. The van der Waals surface area contributed by atoms with Crippen LogP contribution >= 0.6 is 31.8 Å². The molecule has 0 saturated heterocycles. The van der Waals surface area contributed by atoms with Crippen LogP contribution in [0.25, 0.3) is 0 Å². The van der Waals surface area contributed by atoms with E-state index in [1.807, 2.05) is 0 Å². The molecule has 0 fully saturated rings. The molecular weight excluding hydrogens is 554 g/mol. The molecule has 0 aromatic carbocycles. The van der Waals surface area contributed by atoms with E-state index in [1.165, 1.54) is 29.6 Å². The highest BCUT2D eigenvalue weighted by atomic mass is 79.9. The van der Waals surface area contributed by atoms with E-state index in [2.05, 4.69) is 71.6 Å². The molecule has 2 nitrogen and oxygen atoms in total. The number of aliphatic hydroxyl groups excluding tert-OH is 2. The first-order valence-corrected chi connectivity index (χ1v) is 15.7. The second-order valence-electron chi connectivity index (χ2n) is 8.30. The third-order valence-corrected chi connectivity index (χ3v) is 15.0. The Bertz CT molecular complexity index is 659. The van der Waals surface area contributed by atoms with Crippen molar-refractivity contribution in [3.63, 3.8) is 0 Å². The molecule has 1 aromatic heterocycles. The zero-order valence-corrected chi connectivity index (χ0v) is 25.6. The molecule has 1 rings (SSSR count). The van der Waals surface area contributed by atoms with Crippen molar-refractivity contribution in [2.75, 3.05) is 37.9 Å². The van der Waals surface area contributed by atoms with E-state index < -0.39 is 14.8 Å². The molecule has 2 N–H and O–H groups in total. The summed E-state index contributed by atoms with van der Waals surface area (Å²) in [7, 11) is -1.67. The van der Waals surface area contributed by atoms with Crippen molar-refractivity contribution in [2.24, 2.45) is 5.41 Å². The summed E-state index contributed by atoms with van der Waals surface area (Å²) in [6.45, 7) is 13.9. The fourth-order valence-electron chi connectivity index (χ4n) is 4.64. The van der Waals surface area contributed by atoms with E-state index in [9.17, 15) is 10.2 Å². The topological polar surface area (TPSA) is 40.5 Å². The van der Waals surface area contributed by atoms with Crippen LogP contribution in [0, 0.1) is 5.41 Å². The lowest BCUT2D eigenvalue weighted by molar-refractivity contribution is -0.00000892. The minimum Gasteiger partial charge on any atom is -1.00 e. The average molecular weight is 600 g/mol. The molecular formula is C25H46Br2O2P2. The molecule has 1 unspecified atom stereocenters. The van der Waals surface area contributed by atoms with Gasteiger partial charge in [0.05, 0.1) is 43.3 Å². The van der Waals surface area contributed by atoms with Gasteiger partial charge in [-0.2, -0.15) is 0 Å². The van der Waals surface area contributed by atoms with Crippen molar-refractivity contribution in [1.29, 1.82) is 0 Å². The molecule has 1 heterocycles. The van der Waals surface area contributed by atoms with Crippen molar-refractivity contribution in [1.82, 2.24) is 0 Å². The van der Waals surface area contributed by atoms with Gasteiger partial charge in [-0.1, -0.05) is 45.0 Å². The van der Waals surface area contributed by atoms with Crippen LogP contribution in [0.3, 0.4) is 0 Å². The molecule has 0 aliphatic heterocycles. The molecule has 0 amide bonds. The lowest BCUT2D eigenvalue weighted by Crippen LogP contribution is -3.00. The minimum atomic E-state index is -1.13. The monoisotopic (exact) mass is 598 g/mol. The largest absolute Gasteiger partial charge is 1.00 e. The van der Waals surface area contributed by atoms with Gasteiger partial charge in [0.25, 0.3) is 0 Å². The molecule has 0 spiro atoms. The third-order valence-electron chi connectivity index (χ3n) is 6.80. The van der Waals surface area contributed by atoms with Crippen LogP contribution < -0.4 is 17.0 Å². The predicted octanol–water partition coefficient (Wildman–Crippen LogP) is 4.12. The molecule has 1 aromatic rings. The Labute approximate surface area is 214 Å². The first kappa shape index (κ1) is 33.7. The van der Waals surface area contributed by atoms with Crippen LogP contribution in [-0.2, 0) is 25.4 Å². The summed E-state index contributed by atoms with van der Waals surface area (Å²) in [6.07, 6.45) is 8.65. The number of aliphatic hydroxyl groups is 2. The van der Waals surface area contributed by atoms with Gasteiger partial charge in [0.2, 0.25) is 0 Å². The van der Waals surface area contributed by atoms with Crippen molar-refractivity contribution >= 4 is 31.8 Å². The van der Waals surface area contributed by atoms with E-state index in [1.54, 1.807) is 5.30 Å². The molecule has 0 radical (unpaired) electrons. The maximum atomic E-state index is 10.5. The van der Waals surface area contributed by atoms with Crippen LogP contribution in [0.15, 0.2) is 30.1 Å². The highest BCUT2D eigenvalue weighted by Crippen LogP contribution is 2.62. The van der Waals surface area contributed by atoms with Gasteiger partial charge in [0.15, 0.2) is 0 Å². The summed E-state index contributed by atoms with van der Waals surface area (Å²) in [5, 5.41) is 22.6. The average Bonchev–Trinajstić information content (AvgIpc) is 2.85. The Morgan fingerprint density at radius 2 is 1.42 bits per heavy atom. The van der Waals surface area contributed by atoms with Gasteiger partial charge in [-0.05, 0) is 68.4 Å². The van der Waals surface area contributed by atoms with Gasteiger partial charge in [-0.25, -0.2) is 0 Å². The van der Waals surface area contributed by atoms with Crippen molar-refractivity contribution in [2.45, 2.75) is 67.0 Å². The third kappa shape index (κ3) is 9.03. The first-order valence-electron chi connectivity index (χ1n) is 11.5. The molecule has 6 heteroatoms. The molecule has 0 aliphatic carbocycles. The Hall–Kier alpha value is 0.570. The summed E-state index contributed by atoms with van der Waals surface area (Å²) in [5.74, 6) is 2.37. The highest BCUT2D eigenvalue weighted by molar-refractivity contribution is 8.93. The van der Waals surface area contributed by atoms with Gasteiger partial charge < -0.3 is 27.2 Å². The van der Waals surface area contributed by atoms with Crippen LogP contribution in [0.5, 0.6) is 0 Å². The van der Waals surface area contributed by atoms with Crippen LogP contribution in [0.2, 0.25) is 0 Å². The maximum Gasteiger partial charge on any atom is 0.0700 e. The van der Waals surface area contributed by atoms with Gasteiger partial charge in [0, 0.05) is 7.26 Å². The predicted molar refractivity (Wildman–Crippen MR) is 145 cm³/mol. The van der Waals surface area contributed by atoms with E-state index in [0.29, 0.717) is 0 Å². The molecule has 31 heavy (non-hydrogen) atoms. The molecule has 0 saturated carbocycles. The van der Waals surface area contributed by atoms with E-state index in [0.717, 1.165) is 31.6 Å². The standard InChI is InChI=1S/C25H45O2P2.2BrH/c1-7-22-16-14-13-15-17-28(24(9-3)23(22)8-2)20-25(18-26,19-27)21-29(10-4,11-5)12-6;;/h13-17,26-27H,7-12,18-21H2,1-6H3;2*1H/q+1;;/p-1. The smallest absolute Gasteiger partial charge is 0.0700 e. The second kappa shape index (κ2) is 17.1. The van der Waals surface area contributed by atoms with Crippen LogP contribution in [-0.4, -0.2) is 48.1 Å². The molecule has 0 aliphatic rings. The normalized spacial score (nSPS) is 11.9. The van der Waals surface area contributed by atoms with E-state index in [4.69, 9.17) is 0 Å². The van der Waals surface area contributed by atoms with Gasteiger partial charge in [0.1, 0.15) is 0 Å². The number of rotatable bonds is 12. The summed E-state index contributed by atoms with van der Waals surface area (Å²) >= 11 is 0. The highest BCUT2D eigenvalue weighted by Gasteiger charge is 2.43. The summed E-state index contributed by atoms with van der Waals surface area (Å²) in [6, 6.07) is 8.75.